The van der Waals surface area contributed by atoms with Crippen molar-refractivity contribution in [2.75, 3.05) is 53.0 Å². The van der Waals surface area contributed by atoms with Gasteiger partial charge in [-0.3, -0.25) is 9.69 Å². The van der Waals surface area contributed by atoms with Crippen molar-refractivity contribution < 1.29 is 19.4 Å². The molecule has 0 amide bonds. The Morgan fingerprint density at radius 2 is 1.79 bits per heavy atom. The first-order valence-corrected chi connectivity index (χ1v) is 13.7. The Hall–Kier alpha value is -0.570. The number of nitrogens with zero attached hydrogens (tertiary/aromatic N) is 2. The van der Waals surface area contributed by atoms with Crippen molar-refractivity contribution in [3.05, 3.63) is 0 Å². The monoisotopic (exact) mass is 463 g/mol. The van der Waals surface area contributed by atoms with Crippen molar-refractivity contribution in [2.24, 2.45) is 23.7 Å². The molecule has 7 nitrogen and oxygen atoms in total. The first-order chi connectivity index (χ1) is 16.1. The molecule has 2 N–H and O–H groups in total. The average Bonchev–Trinajstić information content (AvgIpc) is 2.87. The predicted molar refractivity (Wildman–Crippen MR) is 127 cm³/mol. The van der Waals surface area contributed by atoms with E-state index < -0.39 is 0 Å². The number of aliphatic hydroxyl groups excluding tert-OH is 1. The number of rotatable bonds is 5. The SMILES string of the molecule is COC1CCC(C2COC3C(CCC(O)C3CN3CCN(C4CCCCN4)CC3)C2=O)CC1. The second kappa shape index (κ2) is 11.0. The molecule has 3 aliphatic heterocycles. The van der Waals surface area contributed by atoms with Crippen LogP contribution in [0.15, 0.2) is 0 Å². The minimum absolute atomic E-state index is 0.0231. The quantitative estimate of drug-likeness (QED) is 0.645. The average molecular weight is 464 g/mol. The molecule has 0 spiro atoms. The summed E-state index contributed by atoms with van der Waals surface area (Å²) >= 11 is 0. The molecule has 6 unspecified atom stereocenters. The fourth-order valence-corrected chi connectivity index (χ4v) is 7.38. The number of ketones is 1. The molecule has 5 fully saturated rings. The maximum absolute atomic E-state index is 13.6. The highest BCUT2D eigenvalue weighted by atomic mass is 16.5. The topological polar surface area (TPSA) is 74.3 Å². The molecule has 6 atom stereocenters. The number of piperazine rings is 1. The van der Waals surface area contributed by atoms with Gasteiger partial charge in [0.05, 0.1) is 31.1 Å². The third kappa shape index (κ3) is 5.34. The van der Waals surface area contributed by atoms with Gasteiger partial charge >= 0.3 is 0 Å². The zero-order valence-corrected chi connectivity index (χ0v) is 20.5. The van der Waals surface area contributed by atoms with Gasteiger partial charge in [-0.15, -0.1) is 0 Å². The number of hydrogen-bond donors (Lipinski definition) is 2. The molecular weight excluding hydrogens is 418 g/mol. The normalized spacial score (nSPS) is 43.9. The molecule has 5 aliphatic rings. The Morgan fingerprint density at radius 1 is 1.00 bits per heavy atom. The summed E-state index contributed by atoms with van der Waals surface area (Å²) in [5.74, 6) is 0.947. The van der Waals surface area contributed by atoms with Gasteiger partial charge in [-0.1, -0.05) is 0 Å². The summed E-state index contributed by atoms with van der Waals surface area (Å²) in [5, 5.41) is 14.6. The van der Waals surface area contributed by atoms with Gasteiger partial charge in [0.15, 0.2) is 0 Å². The number of methoxy groups -OCH3 is 1. The van der Waals surface area contributed by atoms with Crippen LogP contribution in [-0.2, 0) is 14.3 Å². The van der Waals surface area contributed by atoms with E-state index in [1.165, 1.54) is 19.3 Å². The van der Waals surface area contributed by atoms with E-state index >= 15 is 0 Å². The number of carbonyl (C=O) groups is 1. The van der Waals surface area contributed by atoms with E-state index in [9.17, 15) is 9.90 Å². The molecule has 5 rings (SSSR count). The Balaban J connectivity index is 1.15. The Kier molecular flexibility index (Phi) is 8.05. The summed E-state index contributed by atoms with van der Waals surface area (Å²) in [6, 6.07) is 0. The number of fused-ring (bicyclic) bond motifs is 1. The van der Waals surface area contributed by atoms with E-state index in [2.05, 4.69) is 15.1 Å². The van der Waals surface area contributed by atoms with Crippen LogP contribution in [0.1, 0.15) is 57.8 Å². The third-order valence-electron chi connectivity index (χ3n) is 9.51. The first-order valence-electron chi connectivity index (χ1n) is 13.7. The fourth-order valence-electron chi connectivity index (χ4n) is 7.38. The molecule has 3 heterocycles. The molecule has 0 radical (unpaired) electrons. The van der Waals surface area contributed by atoms with Gasteiger partial charge in [-0.2, -0.15) is 0 Å². The van der Waals surface area contributed by atoms with E-state index in [0.29, 0.717) is 30.6 Å². The summed E-state index contributed by atoms with van der Waals surface area (Å²) in [7, 11) is 1.80. The van der Waals surface area contributed by atoms with Crippen molar-refractivity contribution in [3.8, 4) is 0 Å². The van der Waals surface area contributed by atoms with Crippen LogP contribution in [0.2, 0.25) is 0 Å². The lowest BCUT2D eigenvalue weighted by molar-refractivity contribution is -0.171. The number of aliphatic hydroxyl groups is 1. The molecule has 2 aliphatic carbocycles. The van der Waals surface area contributed by atoms with Crippen LogP contribution in [0, 0.1) is 23.7 Å². The Morgan fingerprint density at radius 3 is 2.48 bits per heavy atom. The number of hydrogen-bond acceptors (Lipinski definition) is 7. The standard InChI is InChI=1S/C26H45N3O4/c1-32-19-7-5-18(6-8-19)22-17-33-26-20(25(22)31)9-10-23(30)21(26)16-28-12-14-29(15-13-28)24-4-2-3-11-27-24/h18-24,26-27,30H,2-17H2,1H3. The van der Waals surface area contributed by atoms with Crippen LogP contribution in [0.5, 0.6) is 0 Å². The van der Waals surface area contributed by atoms with Crippen LogP contribution >= 0.6 is 0 Å². The third-order valence-corrected chi connectivity index (χ3v) is 9.51. The van der Waals surface area contributed by atoms with E-state index in [1.807, 2.05) is 0 Å². The maximum Gasteiger partial charge on any atom is 0.144 e. The van der Waals surface area contributed by atoms with Gasteiger partial charge < -0.3 is 24.8 Å². The smallest absolute Gasteiger partial charge is 0.144 e. The Bertz CT molecular complexity index is 641. The number of Topliss-reactive ketones (excluding diaryl/α,β-unsaturated/α-hetero) is 1. The largest absolute Gasteiger partial charge is 0.393 e. The molecule has 0 bridgehead atoms. The van der Waals surface area contributed by atoms with E-state index in [0.717, 1.165) is 77.8 Å². The van der Waals surface area contributed by atoms with Crippen LogP contribution < -0.4 is 5.32 Å². The zero-order valence-electron chi connectivity index (χ0n) is 20.5. The summed E-state index contributed by atoms with van der Waals surface area (Å²) in [4.78, 5) is 18.7. The van der Waals surface area contributed by atoms with Crippen molar-refractivity contribution in [2.45, 2.75) is 82.3 Å². The number of ether oxygens (including phenoxy) is 2. The van der Waals surface area contributed by atoms with Crippen LogP contribution in [0.4, 0.5) is 0 Å². The fraction of sp³-hybridized carbons (Fsp3) is 0.962. The van der Waals surface area contributed by atoms with E-state index in [1.54, 1.807) is 7.11 Å². The lowest BCUT2D eigenvalue weighted by atomic mass is 9.67. The highest BCUT2D eigenvalue weighted by Crippen LogP contribution is 2.42. The van der Waals surface area contributed by atoms with Gasteiger partial charge in [0.2, 0.25) is 0 Å². The molecular formula is C26H45N3O4. The lowest BCUT2D eigenvalue weighted by Gasteiger charge is -2.48. The molecule has 0 aromatic rings. The van der Waals surface area contributed by atoms with Crippen molar-refractivity contribution >= 4 is 5.78 Å². The van der Waals surface area contributed by atoms with Gasteiger partial charge in [-0.25, -0.2) is 0 Å². The minimum atomic E-state index is -0.356. The maximum atomic E-state index is 13.6. The number of carbonyl (C=O) groups excluding carboxylic acids is 1. The van der Waals surface area contributed by atoms with E-state index in [4.69, 9.17) is 9.47 Å². The number of nitrogens with one attached hydrogen (secondary N) is 1. The minimum Gasteiger partial charge on any atom is -0.393 e. The highest BCUT2D eigenvalue weighted by molar-refractivity contribution is 5.85. The lowest BCUT2D eigenvalue weighted by Crippen LogP contribution is -2.59. The van der Waals surface area contributed by atoms with Gasteiger partial charge in [0.1, 0.15) is 5.78 Å². The van der Waals surface area contributed by atoms with E-state index in [-0.39, 0.29) is 30.0 Å². The highest BCUT2D eigenvalue weighted by Gasteiger charge is 2.49. The van der Waals surface area contributed by atoms with Gasteiger partial charge in [0.25, 0.3) is 0 Å². The zero-order chi connectivity index (χ0) is 22.8. The molecule has 33 heavy (non-hydrogen) atoms. The van der Waals surface area contributed by atoms with Gasteiger partial charge in [-0.05, 0) is 70.3 Å². The van der Waals surface area contributed by atoms with Crippen molar-refractivity contribution in [1.29, 1.82) is 0 Å². The van der Waals surface area contributed by atoms with Gasteiger partial charge in [0, 0.05) is 57.6 Å². The van der Waals surface area contributed by atoms with Crippen LogP contribution in [-0.4, -0.2) is 98.2 Å². The van der Waals surface area contributed by atoms with Crippen molar-refractivity contribution in [3.63, 3.8) is 0 Å². The molecule has 3 saturated heterocycles. The predicted octanol–water partition coefficient (Wildman–Crippen LogP) is 1.88. The summed E-state index contributed by atoms with van der Waals surface area (Å²) in [5.41, 5.74) is 0. The summed E-state index contributed by atoms with van der Waals surface area (Å²) < 4.78 is 12.0. The first kappa shape index (κ1) is 24.1. The second-order valence-corrected chi connectivity index (χ2v) is 11.3. The van der Waals surface area contributed by atoms with Crippen LogP contribution in [0.3, 0.4) is 0 Å². The molecule has 2 saturated carbocycles. The molecule has 0 aromatic carbocycles. The molecule has 7 heteroatoms. The molecule has 0 aromatic heterocycles. The Labute approximate surface area is 199 Å². The van der Waals surface area contributed by atoms with Crippen molar-refractivity contribution in [1.82, 2.24) is 15.1 Å². The summed E-state index contributed by atoms with van der Waals surface area (Å²) in [6.45, 7) is 6.79. The number of piperidine rings is 1. The molecule has 188 valence electrons. The summed E-state index contributed by atoms with van der Waals surface area (Å²) in [6.07, 6.45) is 10.1. The second-order valence-electron chi connectivity index (χ2n) is 11.3. The van der Waals surface area contributed by atoms with Crippen LogP contribution in [0.25, 0.3) is 0 Å².